The number of anilines is 1. The molecule has 0 saturated carbocycles. The molecule has 2 aromatic heterocycles. The van der Waals surface area contributed by atoms with E-state index in [1.54, 1.807) is 6.20 Å². The smallest absolute Gasteiger partial charge is 0.189 e. The number of aryl methyl sites for hydroxylation is 1. The molecular weight excluding hydrogens is 284 g/mol. The first-order valence-corrected chi connectivity index (χ1v) is 7.97. The van der Waals surface area contributed by atoms with Crippen LogP contribution in [0.25, 0.3) is 0 Å². The van der Waals surface area contributed by atoms with Crippen LogP contribution in [0.5, 0.6) is 0 Å². The van der Waals surface area contributed by atoms with Crippen LogP contribution in [-0.2, 0) is 6.54 Å². The molecule has 0 amide bonds. The topological polar surface area (TPSA) is 70.6 Å². The second-order valence-corrected chi connectivity index (χ2v) is 5.99. The zero-order chi connectivity index (χ0) is 14.8. The van der Waals surface area contributed by atoms with Gasteiger partial charge in [0.15, 0.2) is 11.0 Å². The molecule has 3 heterocycles. The maximum absolute atomic E-state index is 9.18. The maximum Gasteiger partial charge on any atom is 0.189 e. The van der Waals surface area contributed by atoms with Crippen molar-refractivity contribution in [3.63, 3.8) is 0 Å². The SMILES string of the molecule is CSc1ncc(C#N)c(N2CC(Cn3cc(C)cn3)C2)n1. The van der Waals surface area contributed by atoms with Crippen molar-refractivity contribution in [1.29, 1.82) is 5.26 Å². The van der Waals surface area contributed by atoms with Crippen LogP contribution < -0.4 is 4.90 Å². The van der Waals surface area contributed by atoms with Gasteiger partial charge in [0.2, 0.25) is 0 Å². The van der Waals surface area contributed by atoms with Gasteiger partial charge in [0.25, 0.3) is 0 Å². The first kappa shape index (κ1) is 13.9. The Balaban J connectivity index is 1.67. The molecular formula is C14H16N6S. The Kier molecular flexibility index (Phi) is 3.80. The molecule has 0 radical (unpaired) electrons. The summed E-state index contributed by atoms with van der Waals surface area (Å²) in [5.41, 5.74) is 1.72. The molecule has 0 bridgehead atoms. The number of hydrogen-bond donors (Lipinski definition) is 0. The Bertz CT molecular complexity index is 683. The van der Waals surface area contributed by atoms with E-state index in [-0.39, 0.29) is 0 Å². The summed E-state index contributed by atoms with van der Waals surface area (Å²) in [6.07, 6.45) is 7.47. The van der Waals surface area contributed by atoms with Crippen molar-refractivity contribution in [2.75, 3.05) is 24.2 Å². The van der Waals surface area contributed by atoms with Crippen LogP contribution in [0.15, 0.2) is 23.7 Å². The van der Waals surface area contributed by atoms with Crippen molar-refractivity contribution in [1.82, 2.24) is 19.7 Å². The van der Waals surface area contributed by atoms with Crippen LogP contribution in [0.2, 0.25) is 0 Å². The summed E-state index contributed by atoms with van der Waals surface area (Å²) in [7, 11) is 0. The molecule has 0 aromatic carbocycles. The number of rotatable bonds is 4. The van der Waals surface area contributed by atoms with Gasteiger partial charge in [-0.3, -0.25) is 4.68 Å². The van der Waals surface area contributed by atoms with Crippen molar-refractivity contribution in [3.8, 4) is 6.07 Å². The zero-order valence-electron chi connectivity index (χ0n) is 12.0. The number of thioether (sulfide) groups is 1. The quantitative estimate of drug-likeness (QED) is 0.632. The predicted molar refractivity (Wildman–Crippen MR) is 81.2 cm³/mol. The van der Waals surface area contributed by atoms with Gasteiger partial charge in [-0.05, 0) is 18.7 Å². The minimum atomic E-state index is 0.543. The Hall–Kier alpha value is -2.07. The van der Waals surface area contributed by atoms with Crippen molar-refractivity contribution >= 4 is 17.6 Å². The van der Waals surface area contributed by atoms with E-state index in [1.807, 2.05) is 24.1 Å². The van der Waals surface area contributed by atoms with Gasteiger partial charge in [-0.1, -0.05) is 11.8 Å². The Morgan fingerprint density at radius 3 is 2.86 bits per heavy atom. The minimum absolute atomic E-state index is 0.543. The first-order valence-electron chi connectivity index (χ1n) is 6.74. The second kappa shape index (κ2) is 5.74. The highest BCUT2D eigenvalue weighted by atomic mass is 32.2. The summed E-state index contributed by atoms with van der Waals surface area (Å²) in [6, 6.07) is 2.17. The summed E-state index contributed by atoms with van der Waals surface area (Å²) in [4.78, 5) is 10.7. The summed E-state index contributed by atoms with van der Waals surface area (Å²) in [5.74, 6) is 1.30. The molecule has 108 valence electrons. The molecule has 1 aliphatic heterocycles. The van der Waals surface area contributed by atoms with Crippen LogP contribution in [0.1, 0.15) is 11.1 Å². The lowest BCUT2D eigenvalue weighted by Crippen LogP contribution is -2.49. The van der Waals surface area contributed by atoms with E-state index < -0.39 is 0 Å². The van der Waals surface area contributed by atoms with Gasteiger partial charge in [0.1, 0.15) is 11.6 Å². The van der Waals surface area contributed by atoms with Gasteiger partial charge < -0.3 is 4.90 Å². The molecule has 0 N–H and O–H groups in total. The van der Waals surface area contributed by atoms with Crippen molar-refractivity contribution < 1.29 is 0 Å². The van der Waals surface area contributed by atoms with Gasteiger partial charge in [0.05, 0.1) is 12.4 Å². The third-order valence-corrected chi connectivity index (χ3v) is 4.08. The average molecular weight is 300 g/mol. The van der Waals surface area contributed by atoms with Gasteiger partial charge >= 0.3 is 0 Å². The molecule has 0 spiro atoms. The highest BCUT2D eigenvalue weighted by Gasteiger charge is 2.30. The Morgan fingerprint density at radius 1 is 1.43 bits per heavy atom. The average Bonchev–Trinajstić information content (AvgIpc) is 2.87. The lowest BCUT2D eigenvalue weighted by molar-refractivity contribution is 0.339. The molecule has 1 fully saturated rings. The van der Waals surface area contributed by atoms with E-state index in [1.165, 1.54) is 17.3 Å². The molecule has 0 atom stereocenters. The minimum Gasteiger partial charge on any atom is -0.355 e. The van der Waals surface area contributed by atoms with Crippen LogP contribution >= 0.6 is 11.8 Å². The molecule has 6 nitrogen and oxygen atoms in total. The molecule has 21 heavy (non-hydrogen) atoms. The van der Waals surface area contributed by atoms with Crippen molar-refractivity contribution in [2.45, 2.75) is 18.6 Å². The van der Waals surface area contributed by atoms with Gasteiger partial charge in [-0.2, -0.15) is 10.4 Å². The molecule has 1 aliphatic rings. The second-order valence-electron chi connectivity index (χ2n) is 5.22. The lowest BCUT2D eigenvalue weighted by Gasteiger charge is -2.40. The lowest BCUT2D eigenvalue weighted by atomic mass is 10.00. The third kappa shape index (κ3) is 2.85. The Morgan fingerprint density at radius 2 is 2.24 bits per heavy atom. The van der Waals surface area contributed by atoms with Gasteiger partial charge in [-0.25, -0.2) is 9.97 Å². The summed E-state index contributed by atoms with van der Waals surface area (Å²) < 4.78 is 1.98. The van der Waals surface area contributed by atoms with E-state index in [0.717, 1.165) is 25.5 Å². The highest BCUT2D eigenvalue weighted by Crippen LogP contribution is 2.27. The van der Waals surface area contributed by atoms with Gasteiger partial charge in [0, 0.05) is 31.7 Å². The third-order valence-electron chi connectivity index (χ3n) is 3.51. The van der Waals surface area contributed by atoms with Crippen molar-refractivity contribution in [3.05, 3.63) is 29.7 Å². The maximum atomic E-state index is 9.18. The van der Waals surface area contributed by atoms with E-state index in [0.29, 0.717) is 16.6 Å². The molecule has 7 heteroatoms. The standard InChI is InChI=1S/C14H16N6S/c1-10-4-17-20(6-10)9-11-7-19(8-11)13-12(3-15)5-16-14(18-13)21-2/h4-6,11H,7-9H2,1-2H3. The van der Waals surface area contributed by atoms with E-state index in [9.17, 15) is 5.26 Å². The number of hydrogen-bond acceptors (Lipinski definition) is 6. The monoisotopic (exact) mass is 300 g/mol. The summed E-state index contributed by atoms with van der Waals surface area (Å²) in [6.45, 7) is 4.75. The van der Waals surface area contributed by atoms with Crippen LogP contribution in [0.3, 0.4) is 0 Å². The van der Waals surface area contributed by atoms with Crippen molar-refractivity contribution in [2.24, 2.45) is 5.92 Å². The fourth-order valence-electron chi connectivity index (χ4n) is 2.47. The fraction of sp³-hybridized carbons (Fsp3) is 0.429. The predicted octanol–water partition coefficient (Wildman–Crippen LogP) is 1.71. The zero-order valence-corrected chi connectivity index (χ0v) is 12.8. The number of aromatic nitrogens is 4. The molecule has 2 aromatic rings. The Labute approximate surface area is 127 Å². The molecule has 3 rings (SSSR count). The number of nitriles is 1. The largest absolute Gasteiger partial charge is 0.355 e. The van der Waals surface area contributed by atoms with Crippen LogP contribution in [0.4, 0.5) is 5.82 Å². The highest BCUT2D eigenvalue weighted by molar-refractivity contribution is 7.98. The van der Waals surface area contributed by atoms with Crippen LogP contribution in [0, 0.1) is 24.2 Å². The first-order chi connectivity index (χ1) is 10.2. The van der Waals surface area contributed by atoms with E-state index >= 15 is 0 Å². The number of nitrogens with zero attached hydrogens (tertiary/aromatic N) is 6. The van der Waals surface area contributed by atoms with E-state index in [4.69, 9.17) is 0 Å². The fourth-order valence-corrected chi connectivity index (χ4v) is 2.80. The molecule has 1 saturated heterocycles. The molecule has 0 aliphatic carbocycles. The van der Waals surface area contributed by atoms with E-state index in [2.05, 4.69) is 32.2 Å². The van der Waals surface area contributed by atoms with Gasteiger partial charge in [-0.15, -0.1) is 0 Å². The normalized spacial score (nSPS) is 14.8. The molecule has 0 unspecified atom stereocenters. The van der Waals surface area contributed by atoms with Crippen LogP contribution in [-0.4, -0.2) is 39.1 Å². The summed E-state index contributed by atoms with van der Waals surface area (Å²) >= 11 is 1.49. The summed E-state index contributed by atoms with van der Waals surface area (Å²) in [5, 5.41) is 14.2.